The van der Waals surface area contributed by atoms with Crippen molar-refractivity contribution in [2.75, 3.05) is 42.7 Å². The van der Waals surface area contributed by atoms with E-state index in [0.29, 0.717) is 57.1 Å². The van der Waals surface area contributed by atoms with Crippen LogP contribution in [0.15, 0.2) is 72.8 Å². The molecule has 0 aromatic heterocycles. The van der Waals surface area contributed by atoms with Crippen LogP contribution in [0.5, 0.6) is 46.0 Å². The zero-order valence-corrected chi connectivity index (χ0v) is 32.1. The van der Waals surface area contributed by atoms with Gasteiger partial charge in [-0.2, -0.15) is 0 Å². The van der Waals surface area contributed by atoms with Gasteiger partial charge in [0, 0.05) is 0 Å². The molecule has 4 aromatic carbocycles. The van der Waals surface area contributed by atoms with Crippen LogP contribution in [-0.4, -0.2) is 65.1 Å². The number of methoxy groups -OCH3 is 6. The van der Waals surface area contributed by atoms with Gasteiger partial charge in [-0.25, -0.2) is 0 Å². The van der Waals surface area contributed by atoms with Crippen molar-refractivity contribution in [3.05, 3.63) is 95.1 Å². The summed E-state index contributed by atoms with van der Waals surface area (Å²) in [6.45, 7) is 7.96. The van der Waals surface area contributed by atoms with Crippen LogP contribution in [0.4, 0.5) is 0 Å². The Bertz CT molecular complexity index is 1700. The Kier molecular flexibility index (Phi) is 12.9. The highest BCUT2D eigenvalue weighted by atomic mass is 16.5. The van der Waals surface area contributed by atoms with Gasteiger partial charge in [0.25, 0.3) is 0 Å². The summed E-state index contributed by atoms with van der Waals surface area (Å²) >= 11 is 0. The van der Waals surface area contributed by atoms with Gasteiger partial charge < -0.3 is 52.8 Å². The monoisotopic (exact) mass is 732 g/mol. The van der Waals surface area contributed by atoms with E-state index in [4.69, 9.17) is 42.6 Å². The largest absolute Gasteiger partial charge is 0.493 e. The molecule has 53 heavy (non-hydrogen) atoms. The second kappa shape index (κ2) is 17.3. The molecule has 8 atom stereocenters. The molecular formula is C42H52O11. The molecule has 286 valence electrons. The Labute approximate surface area is 312 Å². The standard InChI is InChI=1S/C42H52O11/c1-23-24(2)42(30-14-18-34(38(22-30)50-10)52-26(4)40(44)28-12-16-32(46-6)36(20-28)48-8)53-41(23)29-13-17-33(37(21-29)49-9)51-25(3)39(43)27-11-15-31(45-5)35(19-27)47-7/h11-26,39-44H,1-10H3/t23-,24-,25-,26-,39-,40-,41+,42?/m1/s1. The maximum atomic E-state index is 11.1. The fourth-order valence-electron chi connectivity index (χ4n) is 6.78. The zero-order chi connectivity index (χ0) is 38.4. The van der Waals surface area contributed by atoms with E-state index in [9.17, 15) is 10.2 Å². The van der Waals surface area contributed by atoms with Gasteiger partial charge in [0.1, 0.15) is 24.4 Å². The molecule has 0 saturated carbocycles. The molecule has 2 N–H and O–H groups in total. The van der Waals surface area contributed by atoms with Crippen LogP contribution in [0.25, 0.3) is 0 Å². The third kappa shape index (κ3) is 8.38. The summed E-state index contributed by atoms with van der Waals surface area (Å²) in [6.07, 6.45) is -3.49. The van der Waals surface area contributed by atoms with E-state index in [1.54, 1.807) is 92.9 Å². The molecular weight excluding hydrogens is 680 g/mol. The highest BCUT2D eigenvalue weighted by molar-refractivity contribution is 5.48. The van der Waals surface area contributed by atoms with Crippen LogP contribution >= 0.6 is 0 Å². The normalized spacial score (nSPS) is 20.5. The van der Waals surface area contributed by atoms with Crippen molar-refractivity contribution in [1.29, 1.82) is 0 Å². The lowest BCUT2D eigenvalue weighted by atomic mass is 9.85. The first-order valence-electron chi connectivity index (χ1n) is 17.6. The van der Waals surface area contributed by atoms with Crippen molar-refractivity contribution in [3.63, 3.8) is 0 Å². The molecule has 0 bridgehead atoms. The van der Waals surface area contributed by atoms with Crippen molar-refractivity contribution >= 4 is 0 Å². The maximum Gasteiger partial charge on any atom is 0.161 e. The summed E-state index contributed by atoms with van der Waals surface area (Å²) in [5.41, 5.74) is 3.18. The first kappa shape index (κ1) is 39.4. The van der Waals surface area contributed by atoms with Crippen molar-refractivity contribution in [1.82, 2.24) is 0 Å². The lowest BCUT2D eigenvalue weighted by Crippen LogP contribution is -2.22. The molecule has 0 aliphatic carbocycles. The van der Waals surface area contributed by atoms with Gasteiger partial charge >= 0.3 is 0 Å². The number of aliphatic hydroxyl groups is 2. The second-order valence-electron chi connectivity index (χ2n) is 13.3. The molecule has 1 unspecified atom stereocenters. The van der Waals surface area contributed by atoms with Crippen LogP contribution in [0.1, 0.15) is 74.4 Å². The average molecular weight is 733 g/mol. The number of hydrogen-bond donors (Lipinski definition) is 2. The van der Waals surface area contributed by atoms with E-state index in [1.165, 1.54) is 0 Å². The predicted octanol–water partition coefficient (Wildman–Crippen LogP) is 7.82. The lowest BCUT2D eigenvalue weighted by Gasteiger charge is -2.24. The summed E-state index contributed by atoms with van der Waals surface area (Å²) in [6, 6.07) is 22.1. The molecule has 4 aromatic rings. The molecule has 1 aliphatic heterocycles. The summed E-state index contributed by atoms with van der Waals surface area (Å²) in [5, 5.41) is 22.2. The lowest BCUT2D eigenvalue weighted by molar-refractivity contribution is 0.0281. The minimum atomic E-state index is -0.932. The molecule has 11 heteroatoms. The molecule has 11 nitrogen and oxygen atoms in total. The molecule has 1 heterocycles. The highest BCUT2D eigenvalue weighted by Crippen LogP contribution is 2.51. The van der Waals surface area contributed by atoms with Crippen LogP contribution < -0.4 is 37.9 Å². The fraction of sp³-hybridized carbons (Fsp3) is 0.429. The van der Waals surface area contributed by atoms with Crippen LogP contribution in [0, 0.1) is 11.8 Å². The Balaban J connectivity index is 1.29. The van der Waals surface area contributed by atoms with Crippen LogP contribution in [0.3, 0.4) is 0 Å². The Morgan fingerprint density at radius 3 is 1.11 bits per heavy atom. The summed E-state index contributed by atoms with van der Waals surface area (Å²) in [4.78, 5) is 0. The SMILES string of the molecule is COc1ccc([C@H](O)[C@@H](C)Oc2ccc(C3O[C@H](c4ccc(O[C@H](C)[C@@H](O)c5ccc(OC)c(OC)c5)c(OC)c4)[C@H](C)[C@H]3C)cc2OC)cc1OC. The van der Waals surface area contributed by atoms with Gasteiger partial charge in [-0.05, 0) is 96.5 Å². The Hall–Kier alpha value is -4.84. The van der Waals surface area contributed by atoms with Gasteiger partial charge in [0.05, 0.1) is 54.9 Å². The Morgan fingerprint density at radius 2 is 0.774 bits per heavy atom. The van der Waals surface area contributed by atoms with E-state index in [-0.39, 0.29) is 24.0 Å². The topological polar surface area (TPSA) is 124 Å². The third-order valence-corrected chi connectivity index (χ3v) is 10.1. The van der Waals surface area contributed by atoms with Gasteiger partial charge in [-0.15, -0.1) is 0 Å². The molecule has 5 rings (SSSR count). The van der Waals surface area contributed by atoms with Gasteiger partial charge in [0.2, 0.25) is 0 Å². The molecule has 0 amide bonds. The van der Waals surface area contributed by atoms with Crippen molar-refractivity contribution < 1.29 is 52.8 Å². The van der Waals surface area contributed by atoms with Crippen LogP contribution in [0.2, 0.25) is 0 Å². The summed E-state index contributed by atoms with van der Waals surface area (Å²) < 4.78 is 52.2. The van der Waals surface area contributed by atoms with Gasteiger partial charge in [0.15, 0.2) is 46.0 Å². The number of benzene rings is 4. The van der Waals surface area contributed by atoms with Crippen LogP contribution in [-0.2, 0) is 4.74 Å². The van der Waals surface area contributed by atoms with Gasteiger partial charge in [-0.3, -0.25) is 0 Å². The first-order valence-corrected chi connectivity index (χ1v) is 17.6. The van der Waals surface area contributed by atoms with E-state index >= 15 is 0 Å². The molecule has 1 saturated heterocycles. The Morgan fingerprint density at radius 1 is 0.453 bits per heavy atom. The van der Waals surface area contributed by atoms with Gasteiger partial charge in [-0.1, -0.05) is 38.1 Å². The van der Waals surface area contributed by atoms with E-state index in [1.807, 2.05) is 36.4 Å². The van der Waals surface area contributed by atoms with E-state index in [2.05, 4.69) is 13.8 Å². The smallest absolute Gasteiger partial charge is 0.161 e. The summed E-state index contributed by atoms with van der Waals surface area (Å²) in [5.74, 6) is 4.62. The quantitative estimate of drug-likeness (QED) is 0.117. The molecule has 0 radical (unpaired) electrons. The average Bonchev–Trinajstić information content (AvgIpc) is 3.49. The minimum absolute atomic E-state index is 0.167. The summed E-state index contributed by atoms with van der Waals surface area (Å²) in [7, 11) is 9.43. The number of ether oxygens (including phenoxy) is 9. The maximum absolute atomic E-state index is 11.1. The molecule has 1 fully saturated rings. The first-order chi connectivity index (χ1) is 25.5. The predicted molar refractivity (Wildman–Crippen MR) is 200 cm³/mol. The fourth-order valence-corrected chi connectivity index (χ4v) is 6.78. The second-order valence-corrected chi connectivity index (χ2v) is 13.3. The van der Waals surface area contributed by atoms with Crippen molar-refractivity contribution in [3.8, 4) is 46.0 Å². The highest BCUT2D eigenvalue weighted by Gasteiger charge is 2.41. The number of aliphatic hydroxyl groups excluding tert-OH is 2. The molecule has 1 aliphatic rings. The van der Waals surface area contributed by atoms with Crippen molar-refractivity contribution in [2.24, 2.45) is 11.8 Å². The van der Waals surface area contributed by atoms with Crippen molar-refractivity contribution in [2.45, 2.75) is 64.3 Å². The van der Waals surface area contributed by atoms with E-state index in [0.717, 1.165) is 11.1 Å². The minimum Gasteiger partial charge on any atom is -0.493 e. The third-order valence-electron chi connectivity index (χ3n) is 10.1. The number of rotatable bonds is 16. The molecule has 0 spiro atoms. The van der Waals surface area contributed by atoms with E-state index < -0.39 is 24.4 Å². The zero-order valence-electron chi connectivity index (χ0n) is 32.1. The number of hydrogen-bond acceptors (Lipinski definition) is 11.